The molecule has 5 nitrogen and oxygen atoms in total. The minimum Gasteiger partial charge on any atom is -0.492 e. The third kappa shape index (κ3) is 3.30. The van der Waals surface area contributed by atoms with Gasteiger partial charge in [-0.3, -0.25) is 4.79 Å². The number of rotatable bonds is 6. The van der Waals surface area contributed by atoms with Crippen molar-refractivity contribution in [1.29, 1.82) is 0 Å². The first kappa shape index (κ1) is 17.3. The van der Waals surface area contributed by atoms with Gasteiger partial charge in [-0.05, 0) is 58.2 Å². The van der Waals surface area contributed by atoms with Crippen molar-refractivity contribution in [3.05, 3.63) is 29.8 Å². The number of hydrogen-bond acceptors (Lipinski definition) is 4. The van der Waals surface area contributed by atoms with Crippen molar-refractivity contribution in [2.75, 3.05) is 6.61 Å². The molecule has 0 amide bonds. The van der Waals surface area contributed by atoms with Crippen molar-refractivity contribution < 1.29 is 23.9 Å². The number of ether oxygens (including phenoxy) is 1. The maximum atomic E-state index is 11.1. The largest absolute Gasteiger partial charge is 0.492 e. The molecule has 0 unspecified atom stereocenters. The van der Waals surface area contributed by atoms with Crippen molar-refractivity contribution in [2.45, 2.75) is 58.1 Å². The van der Waals surface area contributed by atoms with Crippen LogP contribution in [0.25, 0.3) is 0 Å². The van der Waals surface area contributed by atoms with Gasteiger partial charge >= 0.3 is 13.1 Å². The summed E-state index contributed by atoms with van der Waals surface area (Å²) in [6.07, 6.45) is 2.07. The molecule has 2 fully saturated rings. The van der Waals surface area contributed by atoms with E-state index in [0.29, 0.717) is 24.9 Å². The first-order valence-corrected chi connectivity index (χ1v) is 8.44. The molecule has 0 atom stereocenters. The Hall–Kier alpha value is -1.53. The van der Waals surface area contributed by atoms with E-state index in [1.165, 1.54) is 0 Å². The summed E-state index contributed by atoms with van der Waals surface area (Å²) in [5.41, 5.74) is -0.214. The lowest BCUT2D eigenvalue weighted by atomic mass is 9.81. The standard InChI is InChI=1S/C18H25BO5/c1-16(2)17(3,4)24-19(23-16)11-13-5-7-14(8-6-13)22-12-18(9-10-18)15(20)21/h5-8H,9-12H2,1-4H3,(H,20,21). The van der Waals surface area contributed by atoms with E-state index in [1.54, 1.807) is 0 Å². The first-order chi connectivity index (χ1) is 11.1. The smallest absolute Gasteiger partial charge is 0.462 e. The number of carbonyl (C=O) groups is 1. The summed E-state index contributed by atoms with van der Waals surface area (Å²) in [5, 5.41) is 9.16. The average Bonchev–Trinajstić information content (AvgIpc) is 3.23. The van der Waals surface area contributed by atoms with E-state index in [-0.39, 0.29) is 24.9 Å². The third-order valence-electron chi connectivity index (χ3n) is 5.45. The predicted molar refractivity (Wildman–Crippen MR) is 91.0 cm³/mol. The minimum atomic E-state index is -0.764. The van der Waals surface area contributed by atoms with Crippen molar-refractivity contribution in [3.8, 4) is 5.75 Å². The average molecular weight is 332 g/mol. The molecule has 3 rings (SSSR count). The fourth-order valence-corrected chi connectivity index (χ4v) is 2.75. The SMILES string of the molecule is CC1(C)OB(Cc2ccc(OCC3(C(=O)O)CC3)cc2)OC1(C)C. The van der Waals surface area contributed by atoms with Gasteiger partial charge in [0.05, 0.1) is 11.2 Å². The molecule has 1 saturated heterocycles. The molecule has 1 aliphatic heterocycles. The maximum absolute atomic E-state index is 11.1. The fourth-order valence-electron chi connectivity index (χ4n) is 2.75. The summed E-state index contributed by atoms with van der Waals surface area (Å²) in [6.45, 7) is 8.40. The van der Waals surface area contributed by atoms with Crippen LogP contribution in [0.5, 0.6) is 5.75 Å². The molecule has 1 aromatic carbocycles. The van der Waals surface area contributed by atoms with E-state index < -0.39 is 11.4 Å². The van der Waals surface area contributed by atoms with Crippen LogP contribution in [-0.4, -0.2) is 36.0 Å². The summed E-state index contributed by atoms with van der Waals surface area (Å²) in [7, 11) is -0.261. The molecular weight excluding hydrogens is 307 g/mol. The second kappa shape index (κ2) is 5.78. The molecule has 1 aliphatic carbocycles. The Kier molecular flexibility index (Phi) is 4.17. The van der Waals surface area contributed by atoms with Gasteiger partial charge in [0.15, 0.2) is 0 Å². The van der Waals surface area contributed by atoms with Crippen LogP contribution in [0.2, 0.25) is 0 Å². The number of carboxylic acid groups (broad SMARTS) is 1. The molecule has 0 bridgehead atoms. The number of aliphatic carboxylic acids is 1. The topological polar surface area (TPSA) is 65.0 Å². The highest BCUT2D eigenvalue weighted by molar-refractivity contribution is 6.45. The zero-order valence-corrected chi connectivity index (χ0v) is 14.8. The van der Waals surface area contributed by atoms with E-state index in [4.69, 9.17) is 19.2 Å². The number of benzene rings is 1. The van der Waals surface area contributed by atoms with Gasteiger partial charge in [0.25, 0.3) is 0 Å². The molecule has 6 heteroatoms. The van der Waals surface area contributed by atoms with Crippen molar-refractivity contribution in [1.82, 2.24) is 0 Å². The highest BCUT2D eigenvalue weighted by Crippen LogP contribution is 2.46. The van der Waals surface area contributed by atoms with Gasteiger partial charge in [0.2, 0.25) is 0 Å². The molecule has 0 radical (unpaired) electrons. The molecule has 1 heterocycles. The molecule has 0 spiro atoms. The van der Waals surface area contributed by atoms with Crippen LogP contribution in [0.4, 0.5) is 0 Å². The lowest BCUT2D eigenvalue weighted by Crippen LogP contribution is -2.41. The maximum Gasteiger partial charge on any atom is 0.462 e. The van der Waals surface area contributed by atoms with Gasteiger partial charge in [-0.1, -0.05) is 12.1 Å². The van der Waals surface area contributed by atoms with Crippen LogP contribution >= 0.6 is 0 Å². The zero-order chi connectivity index (χ0) is 17.6. The molecular formula is C18H25BO5. The minimum absolute atomic E-state index is 0.235. The summed E-state index contributed by atoms with van der Waals surface area (Å²) < 4.78 is 17.7. The van der Waals surface area contributed by atoms with E-state index in [2.05, 4.69) is 0 Å². The molecule has 2 aliphatic rings. The molecule has 1 N–H and O–H groups in total. The van der Waals surface area contributed by atoms with Crippen LogP contribution in [0.15, 0.2) is 24.3 Å². The summed E-state index contributed by atoms with van der Waals surface area (Å²) in [4.78, 5) is 11.1. The van der Waals surface area contributed by atoms with E-state index in [9.17, 15) is 4.79 Å². The second-order valence-electron chi connectivity index (χ2n) is 7.91. The number of carboxylic acids is 1. The summed E-state index contributed by atoms with van der Waals surface area (Å²) in [5.74, 6) is -0.0694. The molecule has 0 aromatic heterocycles. The second-order valence-corrected chi connectivity index (χ2v) is 7.91. The van der Waals surface area contributed by atoms with Crippen LogP contribution in [-0.2, 0) is 20.4 Å². The summed E-state index contributed by atoms with van der Waals surface area (Å²) >= 11 is 0. The predicted octanol–water partition coefficient (Wildman–Crippen LogP) is 3.10. The zero-order valence-electron chi connectivity index (χ0n) is 14.8. The van der Waals surface area contributed by atoms with E-state index >= 15 is 0 Å². The van der Waals surface area contributed by atoms with Gasteiger partial charge in [0, 0.05) is 6.32 Å². The Morgan fingerprint density at radius 3 is 2.12 bits per heavy atom. The Labute approximate surface area is 143 Å². The highest BCUT2D eigenvalue weighted by atomic mass is 16.7. The normalized spacial score (nSPS) is 23.1. The van der Waals surface area contributed by atoms with Crippen molar-refractivity contribution >= 4 is 13.1 Å². The quantitative estimate of drug-likeness (QED) is 0.811. The fraction of sp³-hybridized carbons (Fsp3) is 0.611. The Morgan fingerprint density at radius 1 is 1.12 bits per heavy atom. The van der Waals surface area contributed by atoms with Gasteiger partial charge in [0.1, 0.15) is 17.8 Å². The Bertz CT molecular complexity index is 603. The van der Waals surface area contributed by atoms with E-state index in [1.807, 2.05) is 52.0 Å². The Balaban J connectivity index is 1.55. The monoisotopic (exact) mass is 332 g/mol. The third-order valence-corrected chi connectivity index (χ3v) is 5.45. The molecule has 1 aromatic rings. The van der Waals surface area contributed by atoms with Crippen LogP contribution in [0.3, 0.4) is 0 Å². The van der Waals surface area contributed by atoms with E-state index in [0.717, 1.165) is 5.56 Å². The molecule has 130 valence electrons. The number of hydrogen-bond donors (Lipinski definition) is 1. The van der Waals surface area contributed by atoms with Gasteiger partial charge in [-0.25, -0.2) is 0 Å². The van der Waals surface area contributed by atoms with Gasteiger partial charge in [-0.2, -0.15) is 0 Å². The van der Waals surface area contributed by atoms with Crippen molar-refractivity contribution in [2.24, 2.45) is 5.41 Å². The van der Waals surface area contributed by atoms with Crippen LogP contribution in [0, 0.1) is 5.41 Å². The van der Waals surface area contributed by atoms with Gasteiger partial charge in [-0.15, -0.1) is 0 Å². The first-order valence-electron chi connectivity index (χ1n) is 8.44. The van der Waals surface area contributed by atoms with Crippen molar-refractivity contribution in [3.63, 3.8) is 0 Å². The lowest BCUT2D eigenvalue weighted by Gasteiger charge is -2.32. The van der Waals surface area contributed by atoms with Crippen LogP contribution < -0.4 is 4.74 Å². The van der Waals surface area contributed by atoms with Crippen LogP contribution in [0.1, 0.15) is 46.1 Å². The molecule has 24 heavy (non-hydrogen) atoms. The highest BCUT2D eigenvalue weighted by Gasteiger charge is 2.51. The lowest BCUT2D eigenvalue weighted by molar-refractivity contribution is -0.144. The summed E-state index contributed by atoms with van der Waals surface area (Å²) in [6, 6.07) is 7.69. The Morgan fingerprint density at radius 2 is 1.67 bits per heavy atom. The molecule has 1 saturated carbocycles. The van der Waals surface area contributed by atoms with Gasteiger partial charge < -0.3 is 19.2 Å².